The van der Waals surface area contributed by atoms with Crippen molar-refractivity contribution in [1.29, 1.82) is 0 Å². The van der Waals surface area contributed by atoms with Crippen LogP contribution in [0.4, 0.5) is 5.69 Å². The number of rotatable bonds is 2. The molecule has 1 saturated heterocycles. The molecule has 0 radical (unpaired) electrons. The number of nitrogens with zero attached hydrogens (tertiary/aromatic N) is 2. The van der Waals surface area contributed by atoms with E-state index in [-0.39, 0.29) is 12.0 Å². The summed E-state index contributed by atoms with van der Waals surface area (Å²) in [5.74, 6) is -0.265. The van der Waals surface area contributed by atoms with Gasteiger partial charge in [0.2, 0.25) is 0 Å². The summed E-state index contributed by atoms with van der Waals surface area (Å²) in [6.45, 7) is 3.60. The van der Waals surface area contributed by atoms with Gasteiger partial charge in [-0.15, -0.1) is 0 Å². The van der Waals surface area contributed by atoms with Crippen molar-refractivity contribution in [3.8, 4) is 0 Å². The summed E-state index contributed by atoms with van der Waals surface area (Å²) in [5, 5.41) is 0. The molecule has 0 spiro atoms. The van der Waals surface area contributed by atoms with E-state index in [4.69, 9.17) is 9.47 Å². The van der Waals surface area contributed by atoms with E-state index in [1.165, 1.54) is 7.11 Å². The Hall–Kier alpha value is -1.62. The topological polar surface area (TPSA) is 51.7 Å². The van der Waals surface area contributed by atoms with E-state index in [2.05, 4.69) is 4.98 Å². The van der Waals surface area contributed by atoms with Crippen LogP contribution in [0.3, 0.4) is 0 Å². The van der Waals surface area contributed by atoms with Gasteiger partial charge in [0.25, 0.3) is 0 Å². The fraction of sp³-hybridized carbons (Fsp3) is 0.500. The average Bonchev–Trinajstić information content (AvgIpc) is 2.38. The third-order valence-corrected chi connectivity index (χ3v) is 2.81. The van der Waals surface area contributed by atoms with Crippen molar-refractivity contribution in [2.45, 2.75) is 13.0 Å². The number of carbonyl (C=O) groups excluding carboxylic acids is 1. The minimum absolute atomic E-state index is 0.265. The SMILES string of the molecule is COC(=O)C1COCCN1c1ccnc(C)c1. The summed E-state index contributed by atoms with van der Waals surface area (Å²) in [5.41, 5.74) is 1.91. The normalized spacial score (nSPS) is 20.1. The maximum absolute atomic E-state index is 11.7. The first-order valence-corrected chi connectivity index (χ1v) is 5.57. The molecule has 0 aliphatic carbocycles. The molecule has 0 saturated carbocycles. The molecule has 1 unspecified atom stereocenters. The molecule has 5 nitrogen and oxygen atoms in total. The van der Waals surface area contributed by atoms with Gasteiger partial charge in [-0.3, -0.25) is 4.98 Å². The third kappa shape index (κ3) is 2.55. The molecule has 1 aliphatic heterocycles. The quantitative estimate of drug-likeness (QED) is 0.710. The molecule has 1 atom stereocenters. The number of methoxy groups -OCH3 is 1. The standard InChI is InChI=1S/C12H16N2O3/c1-9-7-10(3-4-13-9)14-5-6-17-8-11(14)12(15)16-2/h3-4,7,11H,5-6,8H2,1-2H3. The predicted molar refractivity (Wildman–Crippen MR) is 62.9 cm³/mol. The first kappa shape index (κ1) is 11.9. The van der Waals surface area contributed by atoms with Crippen LogP contribution in [0.5, 0.6) is 0 Å². The zero-order valence-electron chi connectivity index (χ0n) is 10.0. The lowest BCUT2D eigenvalue weighted by Gasteiger charge is -2.35. The summed E-state index contributed by atoms with van der Waals surface area (Å²) in [6, 6.07) is 3.49. The molecule has 0 bridgehead atoms. The number of hydrogen-bond donors (Lipinski definition) is 0. The third-order valence-electron chi connectivity index (χ3n) is 2.81. The molecule has 0 N–H and O–H groups in total. The van der Waals surface area contributed by atoms with Crippen molar-refractivity contribution in [2.24, 2.45) is 0 Å². The van der Waals surface area contributed by atoms with Crippen LogP contribution in [-0.4, -0.2) is 43.9 Å². The average molecular weight is 236 g/mol. The Morgan fingerprint density at radius 3 is 3.18 bits per heavy atom. The van der Waals surface area contributed by atoms with Crippen LogP contribution in [0, 0.1) is 6.92 Å². The lowest BCUT2D eigenvalue weighted by molar-refractivity contribution is -0.144. The summed E-state index contributed by atoms with van der Waals surface area (Å²) >= 11 is 0. The first-order valence-electron chi connectivity index (χ1n) is 5.57. The van der Waals surface area contributed by atoms with Crippen LogP contribution in [0.15, 0.2) is 18.3 Å². The molecule has 1 aromatic heterocycles. The molecule has 1 fully saturated rings. The van der Waals surface area contributed by atoms with Crippen molar-refractivity contribution in [2.75, 3.05) is 31.8 Å². The maximum atomic E-state index is 11.7. The minimum atomic E-state index is -0.365. The van der Waals surface area contributed by atoms with Crippen molar-refractivity contribution in [3.05, 3.63) is 24.0 Å². The lowest BCUT2D eigenvalue weighted by atomic mass is 10.2. The molecule has 2 rings (SSSR count). The molecule has 0 aromatic carbocycles. The Labute approximate surface area is 100 Å². The fourth-order valence-corrected chi connectivity index (χ4v) is 1.95. The number of hydrogen-bond acceptors (Lipinski definition) is 5. The second-order valence-corrected chi connectivity index (χ2v) is 3.96. The number of morpholine rings is 1. The predicted octanol–water partition coefficient (Wildman–Crippen LogP) is 0.768. The van der Waals surface area contributed by atoms with Gasteiger partial charge in [-0.05, 0) is 19.1 Å². The van der Waals surface area contributed by atoms with Gasteiger partial charge >= 0.3 is 5.97 Å². The number of carbonyl (C=O) groups is 1. The number of pyridine rings is 1. The Bertz CT molecular complexity index is 408. The second-order valence-electron chi connectivity index (χ2n) is 3.96. The Kier molecular flexibility index (Phi) is 3.58. The van der Waals surface area contributed by atoms with Gasteiger partial charge in [0, 0.05) is 24.1 Å². The van der Waals surface area contributed by atoms with E-state index in [0.29, 0.717) is 19.8 Å². The van der Waals surface area contributed by atoms with Crippen LogP contribution < -0.4 is 4.90 Å². The Morgan fingerprint density at radius 2 is 2.47 bits per heavy atom. The van der Waals surface area contributed by atoms with Gasteiger partial charge in [-0.2, -0.15) is 0 Å². The molecule has 5 heteroatoms. The smallest absolute Gasteiger partial charge is 0.330 e. The highest BCUT2D eigenvalue weighted by molar-refractivity contribution is 5.80. The van der Waals surface area contributed by atoms with Crippen LogP contribution in [0.1, 0.15) is 5.69 Å². The Morgan fingerprint density at radius 1 is 1.65 bits per heavy atom. The zero-order chi connectivity index (χ0) is 12.3. The minimum Gasteiger partial charge on any atom is -0.467 e. The van der Waals surface area contributed by atoms with E-state index in [1.807, 2.05) is 24.0 Å². The Balaban J connectivity index is 2.24. The molecule has 0 amide bonds. The van der Waals surface area contributed by atoms with Gasteiger partial charge in [0.05, 0.1) is 20.3 Å². The number of ether oxygens (including phenoxy) is 2. The van der Waals surface area contributed by atoms with E-state index in [1.54, 1.807) is 6.20 Å². The van der Waals surface area contributed by atoms with Crippen LogP contribution in [-0.2, 0) is 14.3 Å². The number of anilines is 1. The van der Waals surface area contributed by atoms with E-state index < -0.39 is 0 Å². The van der Waals surface area contributed by atoms with Crippen LogP contribution in [0.25, 0.3) is 0 Å². The molecular weight excluding hydrogens is 220 g/mol. The molecule has 1 aromatic rings. The molecular formula is C12H16N2O3. The van der Waals surface area contributed by atoms with Gasteiger partial charge in [0.15, 0.2) is 6.04 Å². The largest absolute Gasteiger partial charge is 0.467 e. The number of esters is 1. The van der Waals surface area contributed by atoms with Crippen molar-refractivity contribution >= 4 is 11.7 Å². The molecule has 92 valence electrons. The van der Waals surface area contributed by atoms with Crippen LogP contribution >= 0.6 is 0 Å². The lowest BCUT2D eigenvalue weighted by Crippen LogP contribution is -2.50. The van der Waals surface area contributed by atoms with E-state index >= 15 is 0 Å². The second kappa shape index (κ2) is 5.14. The van der Waals surface area contributed by atoms with Gasteiger partial charge in [0.1, 0.15) is 0 Å². The molecule has 1 aliphatic rings. The van der Waals surface area contributed by atoms with Crippen molar-refractivity contribution in [3.63, 3.8) is 0 Å². The highest BCUT2D eigenvalue weighted by atomic mass is 16.5. The summed E-state index contributed by atoms with van der Waals surface area (Å²) < 4.78 is 10.1. The summed E-state index contributed by atoms with van der Waals surface area (Å²) in [6.07, 6.45) is 1.74. The molecule has 2 heterocycles. The maximum Gasteiger partial charge on any atom is 0.330 e. The number of aromatic nitrogens is 1. The monoisotopic (exact) mass is 236 g/mol. The van der Waals surface area contributed by atoms with Crippen LogP contribution in [0.2, 0.25) is 0 Å². The summed E-state index contributed by atoms with van der Waals surface area (Å²) in [7, 11) is 1.40. The fourth-order valence-electron chi connectivity index (χ4n) is 1.95. The zero-order valence-corrected chi connectivity index (χ0v) is 10.0. The highest BCUT2D eigenvalue weighted by Crippen LogP contribution is 2.20. The van der Waals surface area contributed by atoms with E-state index in [0.717, 1.165) is 11.4 Å². The van der Waals surface area contributed by atoms with Crippen molar-refractivity contribution in [1.82, 2.24) is 4.98 Å². The van der Waals surface area contributed by atoms with Gasteiger partial charge in [-0.1, -0.05) is 0 Å². The molecule has 17 heavy (non-hydrogen) atoms. The van der Waals surface area contributed by atoms with Gasteiger partial charge in [-0.25, -0.2) is 4.79 Å². The number of aryl methyl sites for hydroxylation is 1. The first-order chi connectivity index (χ1) is 8.22. The van der Waals surface area contributed by atoms with Crippen molar-refractivity contribution < 1.29 is 14.3 Å². The van der Waals surface area contributed by atoms with E-state index in [9.17, 15) is 4.79 Å². The summed E-state index contributed by atoms with van der Waals surface area (Å²) in [4.78, 5) is 17.8. The van der Waals surface area contributed by atoms with Gasteiger partial charge < -0.3 is 14.4 Å². The highest BCUT2D eigenvalue weighted by Gasteiger charge is 2.30.